The number of piperazine rings is 1. The average Bonchev–Trinajstić information content (AvgIpc) is 2.39. The molecule has 1 fully saturated rings. The quantitative estimate of drug-likeness (QED) is 0.869. The third kappa shape index (κ3) is 3.55. The van der Waals surface area contributed by atoms with Gasteiger partial charge in [-0.25, -0.2) is 0 Å². The lowest BCUT2D eigenvalue weighted by Gasteiger charge is -2.31. The normalized spacial score (nSPS) is 20.5. The van der Waals surface area contributed by atoms with Crippen LogP contribution in [0.2, 0.25) is 0 Å². The lowest BCUT2D eigenvalue weighted by molar-refractivity contribution is -0.121. The second kappa shape index (κ2) is 6.17. The number of hydrogen-bond acceptors (Lipinski definition) is 3. The molecule has 1 atom stereocenters. The van der Waals surface area contributed by atoms with E-state index in [1.54, 1.807) is 0 Å². The molecule has 1 aromatic carbocycles. The van der Waals surface area contributed by atoms with E-state index < -0.39 is 0 Å². The Bertz CT molecular complexity index is 428. The molecule has 1 unspecified atom stereocenters. The second-order valence-corrected chi connectivity index (χ2v) is 5.47. The maximum atomic E-state index is 12.2. The molecule has 0 bridgehead atoms. The van der Waals surface area contributed by atoms with Crippen LogP contribution in [-0.4, -0.2) is 43.5 Å². The van der Waals surface area contributed by atoms with Gasteiger partial charge in [-0.2, -0.15) is 0 Å². The highest BCUT2D eigenvalue weighted by Crippen LogP contribution is 2.17. The van der Waals surface area contributed by atoms with Crippen LogP contribution in [0.25, 0.3) is 0 Å². The molecule has 0 saturated carbocycles. The molecule has 2 rings (SSSR count). The number of benzene rings is 1. The minimum absolute atomic E-state index is 0.0620. The average molecular weight is 261 g/mol. The Labute approximate surface area is 115 Å². The number of likely N-dealkylation sites (N-methyl/N-ethyl adjacent to an activating group) is 1. The van der Waals surface area contributed by atoms with Crippen LogP contribution in [0.1, 0.15) is 25.3 Å². The number of amides is 1. The number of anilines is 1. The van der Waals surface area contributed by atoms with Crippen molar-refractivity contribution in [2.24, 2.45) is 0 Å². The van der Waals surface area contributed by atoms with E-state index >= 15 is 0 Å². The largest absolute Gasteiger partial charge is 0.325 e. The molecular formula is C15H23N3O. The molecule has 0 radical (unpaired) electrons. The van der Waals surface area contributed by atoms with Crippen LogP contribution in [0.15, 0.2) is 24.3 Å². The van der Waals surface area contributed by atoms with Crippen LogP contribution in [0.3, 0.4) is 0 Å². The summed E-state index contributed by atoms with van der Waals surface area (Å²) in [5.41, 5.74) is 2.16. The van der Waals surface area contributed by atoms with Crippen molar-refractivity contribution in [1.29, 1.82) is 0 Å². The number of carbonyl (C=O) groups is 1. The Hall–Kier alpha value is -1.39. The van der Waals surface area contributed by atoms with Gasteiger partial charge in [-0.05, 0) is 30.7 Å². The van der Waals surface area contributed by atoms with E-state index in [2.05, 4.69) is 41.5 Å². The monoisotopic (exact) mass is 261 g/mol. The predicted octanol–water partition coefficient (Wildman–Crippen LogP) is 1.65. The van der Waals surface area contributed by atoms with Gasteiger partial charge in [-0.3, -0.25) is 9.69 Å². The smallest absolute Gasteiger partial charge is 0.243 e. The van der Waals surface area contributed by atoms with Gasteiger partial charge < -0.3 is 10.6 Å². The third-order valence-electron chi connectivity index (χ3n) is 3.66. The Kier molecular flexibility index (Phi) is 4.56. The van der Waals surface area contributed by atoms with Gasteiger partial charge in [-0.15, -0.1) is 0 Å². The first-order valence-electron chi connectivity index (χ1n) is 6.89. The SMILES string of the molecule is CC(C)c1ccc(NC(=O)C2CNCCN2C)cc1. The van der Waals surface area contributed by atoms with Crippen LogP contribution >= 0.6 is 0 Å². The maximum Gasteiger partial charge on any atom is 0.243 e. The topological polar surface area (TPSA) is 44.4 Å². The minimum Gasteiger partial charge on any atom is -0.325 e. The van der Waals surface area contributed by atoms with E-state index in [1.165, 1.54) is 5.56 Å². The summed E-state index contributed by atoms with van der Waals surface area (Å²) in [6.45, 7) is 6.90. The Morgan fingerprint density at radius 3 is 2.63 bits per heavy atom. The highest BCUT2D eigenvalue weighted by molar-refractivity contribution is 5.95. The maximum absolute atomic E-state index is 12.2. The van der Waals surface area contributed by atoms with E-state index in [-0.39, 0.29) is 11.9 Å². The molecule has 0 aliphatic carbocycles. The van der Waals surface area contributed by atoms with Crippen LogP contribution in [0.4, 0.5) is 5.69 Å². The lowest BCUT2D eigenvalue weighted by Crippen LogP contribution is -2.54. The number of hydrogen-bond donors (Lipinski definition) is 2. The summed E-state index contributed by atoms with van der Waals surface area (Å²) >= 11 is 0. The predicted molar refractivity (Wildman–Crippen MR) is 78.4 cm³/mol. The summed E-state index contributed by atoms with van der Waals surface area (Å²) in [5, 5.41) is 6.24. The molecule has 4 heteroatoms. The second-order valence-electron chi connectivity index (χ2n) is 5.47. The fourth-order valence-electron chi connectivity index (χ4n) is 2.28. The number of carbonyl (C=O) groups excluding carboxylic acids is 1. The zero-order valence-electron chi connectivity index (χ0n) is 11.9. The van der Waals surface area contributed by atoms with E-state index in [0.29, 0.717) is 12.5 Å². The number of rotatable bonds is 3. The van der Waals surface area contributed by atoms with Crippen LogP contribution in [0.5, 0.6) is 0 Å². The zero-order valence-corrected chi connectivity index (χ0v) is 11.9. The molecule has 1 aromatic rings. The summed E-state index contributed by atoms with van der Waals surface area (Å²) < 4.78 is 0. The molecule has 0 spiro atoms. The number of nitrogens with one attached hydrogen (secondary N) is 2. The summed E-state index contributed by atoms with van der Waals surface area (Å²) in [6.07, 6.45) is 0. The van der Waals surface area contributed by atoms with E-state index in [1.807, 2.05) is 19.2 Å². The van der Waals surface area contributed by atoms with Gasteiger partial charge in [0.15, 0.2) is 0 Å². The molecule has 1 amide bonds. The van der Waals surface area contributed by atoms with Gasteiger partial charge in [0.25, 0.3) is 0 Å². The van der Waals surface area contributed by atoms with E-state index in [9.17, 15) is 4.79 Å². The van der Waals surface area contributed by atoms with Crippen molar-refractivity contribution in [3.63, 3.8) is 0 Å². The molecule has 1 saturated heterocycles. The van der Waals surface area contributed by atoms with E-state index in [4.69, 9.17) is 0 Å². The van der Waals surface area contributed by atoms with Crippen LogP contribution < -0.4 is 10.6 Å². The first-order chi connectivity index (χ1) is 9.08. The molecule has 19 heavy (non-hydrogen) atoms. The first kappa shape index (κ1) is 14.0. The highest BCUT2D eigenvalue weighted by Gasteiger charge is 2.25. The lowest BCUT2D eigenvalue weighted by atomic mass is 10.0. The van der Waals surface area contributed by atoms with Crippen molar-refractivity contribution in [2.45, 2.75) is 25.8 Å². The van der Waals surface area contributed by atoms with Crippen molar-refractivity contribution >= 4 is 11.6 Å². The van der Waals surface area contributed by atoms with Gasteiger partial charge in [-0.1, -0.05) is 26.0 Å². The fourth-order valence-corrected chi connectivity index (χ4v) is 2.28. The summed E-state index contributed by atoms with van der Waals surface area (Å²) in [5.74, 6) is 0.574. The zero-order chi connectivity index (χ0) is 13.8. The van der Waals surface area contributed by atoms with Crippen LogP contribution in [0, 0.1) is 0 Å². The Morgan fingerprint density at radius 1 is 1.37 bits per heavy atom. The van der Waals surface area contributed by atoms with Crippen molar-refractivity contribution < 1.29 is 4.79 Å². The van der Waals surface area contributed by atoms with Gasteiger partial charge in [0, 0.05) is 25.3 Å². The summed E-state index contributed by atoms with van der Waals surface area (Å²) in [6, 6.07) is 8.01. The molecular weight excluding hydrogens is 238 g/mol. The van der Waals surface area contributed by atoms with Gasteiger partial charge >= 0.3 is 0 Å². The Balaban J connectivity index is 1.98. The molecule has 0 aromatic heterocycles. The first-order valence-corrected chi connectivity index (χ1v) is 6.89. The van der Waals surface area contributed by atoms with Crippen LogP contribution in [-0.2, 0) is 4.79 Å². The van der Waals surface area contributed by atoms with Crippen molar-refractivity contribution in [3.05, 3.63) is 29.8 Å². The molecule has 4 nitrogen and oxygen atoms in total. The fraction of sp³-hybridized carbons (Fsp3) is 0.533. The molecule has 1 aliphatic heterocycles. The minimum atomic E-state index is -0.0847. The third-order valence-corrected chi connectivity index (χ3v) is 3.66. The van der Waals surface area contributed by atoms with E-state index in [0.717, 1.165) is 18.8 Å². The standard InChI is InChI=1S/C15H23N3O/c1-11(2)12-4-6-13(7-5-12)17-15(19)14-10-16-8-9-18(14)3/h4-7,11,14,16H,8-10H2,1-3H3,(H,17,19). The molecule has 104 valence electrons. The molecule has 1 heterocycles. The van der Waals surface area contributed by atoms with Gasteiger partial charge in [0.1, 0.15) is 6.04 Å². The molecule has 2 N–H and O–H groups in total. The summed E-state index contributed by atoms with van der Waals surface area (Å²) in [4.78, 5) is 14.3. The van der Waals surface area contributed by atoms with Gasteiger partial charge in [0.2, 0.25) is 5.91 Å². The van der Waals surface area contributed by atoms with Crippen molar-refractivity contribution in [1.82, 2.24) is 10.2 Å². The highest BCUT2D eigenvalue weighted by atomic mass is 16.2. The molecule has 1 aliphatic rings. The van der Waals surface area contributed by atoms with Crippen molar-refractivity contribution in [2.75, 3.05) is 32.0 Å². The Morgan fingerprint density at radius 2 is 2.05 bits per heavy atom. The summed E-state index contributed by atoms with van der Waals surface area (Å²) in [7, 11) is 1.99. The van der Waals surface area contributed by atoms with Gasteiger partial charge in [0.05, 0.1) is 0 Å². The van der Waals surface area contributed by atoms with Crippen molar-refractivity contribution in [3.8, 4) is 0 Å². The number of nitrogens with zero attached hydrogens (tertiary/aromatic N) is 1.